The quantitative estimate of drug-likeness (QED) is 0.648. The van der Waals surface area contributed by atoms with Crippen molar-refractivity contribution in [1.82, 2.24) is 9.55 Å². The number of hydrogen-bond acceptors (Lipinski definition) is 4. The Morgan fingerprint density at radius 2 is 2.31 bits per heavy atom. The zero-order valence-corrected chi connectivity index (χ0v) is 9.48. The maximum Gasteiger partial charge on any atom is 0.251 e. The fourth-order valence-electron chi connectivity index (χ4n) is 2.21. The largest absolute Gasteiger partial charge is 0.396 e. The van der Waals surface area contributed by atoms with Gasteiger partial charge < -0.3 is 14.8 Å². The van der Waals surface area contributed by atoms with Crippen molar-refractivity contribution >= 4 is 12.2 Å². The average Bonchev–Trinajstić information content (AvgIpc) is 2.59. The summed E-state index contributed by atoms with van der Waals surface area (Å²) in [6, 6.07) is 1.46. The van der Waals surface area contributed by atoms with Crippen LogP contribution in [-0.4, -0.2) is 32.5 Å². The number of aromatic nitrogens is 2. The molecule has 6 heteroatoms. The molecule has 0 aromatic carbocycles. The fourth-order valence-corrected chi connectivity index (χ4v) is 2.52. The molecule has 3 unspecified atom stereocenters. The number of aliphatic hydroxyl groups is 2. The number of nitrogens with one attached hydrogen (secondary N) is 1. The molecule has 0 spiro atoms. The second-order valence-electron chi connectivity index (χ2n) is 4.15. The van der Waals surface area contributed by atoms with Gasteiger partial charge in [-0.15, -0.1) is 0 Å². The Balaban J connectivity index is 2.27. The van der Waals surface area contributed by atoms with E-state index in [1.165, 1.54) is 6.07 Å². The topological polar surface area (TPSA) is 78.2 Å². The van der Waals surface area contributed by atoms with Crippen molar-refractivity contribution in [2.75, 3.05) is 6.61 Å². The Morgan fingerprint density at radius 1 is 1.56 bits per heavy atom. The molecule has 1 aliphatic carbocycles. The number of hydrogen-bond donors (Lipinski definition) is 3. The predicted octanol–water partition coefficient (Wildman–Crippen LogP) is 0.210. The van der Waals surface area contributed by atoms with Crippen molar-refractivity contribution in [3.8, 4) is 0 Å². The molecule has 0 radical (unpaired) electrons. The lowest BCUT2D eigenvalue weighted by atomic mass is 10.1. The van der Waals surface area contributed by atoms with E-state index in [0.29, 0.717) is 17.6 Å². The molecule has 0 amide bonds. The molecule has 1 aromatic rings. The van der Waals surface area contributed by atoms with Crippen LogP contribution in [0.5, 0.6) is 0 Å². The summed E-state index contributed by atoms with van der Waals surface area (Å²) < 4.78 is 2.14. The van der Waals surface area contributed by atoms with Crippen molar-refractivity contribution in [2.45, 2.75) is 25.0 Å². The van der Waals surface area contributed by atoms with Crippen molar-refractivity contribution in [3.63, 3.8) is 0 Å². The Hall–Kier alpha value is -0.980. The standard InChI is InChI=1S/C10H14N2O3S/c13-5-6-3-7(4-8(6)14)12-2-1-9(15)11-10(12)16/h1-2,6-8,13-14H,3-5H2,(H,11,15,16). The summed E-state index contributed by atoms with van der Waals surface area (Å²) in [5, 5.41) is 18.7. The normalized spacial score (nSPS) is 29.5. The van der Waals surface area contributed by atoms with Crippen LogP contribution in [0.15, 0.2) is 17.1 Å². The molecule has 3 atom stereocenters. The van der Waals surface area contributed by atoms with Gasteiger partial charge in [-0.3, -0.25) is 9.78 Å². The highest BCUT2D eigenvalue weighted by molar-refractivity contribution is 7.71. The molecule has 1 aromatic heterocycles. The average molecular weight is 242 g/mol. The van der Waals surface area contributed by atoms with Gasteiger partial charge in [0.2, 0.25) is 0 Å². The molecule has 0 bridgehead atoms. The van der Waals surface area contributed by atoms with Gasteiger partial charge in [-0.2, -0.15) is 0 Å². The van der Waals surface area contributed by atoms with Crippen LogP contribution in [0.25, 0.3) is 0 Å². The van der Waals surface area contributed by atoms with E-state index in [-0.39, 0.29) is 24.1 Å². The van der Waals surface area contributed by atoms with E-state index < -0.39 is 6.10 Å². The van der Waals surface area contributed by atoms with E-state index in [4.69, 9.17) is 17.3 Å². The van der Waals surface area contributed by atoms with Gasteiger partial charge in [0.1, 0.15) is 0 Å². The van der Waals surface area contributed by atoms with E-state index in [1.807, 2.05) is 0 Å². The van der Waals surface area contributed by atoms with Crippen LogP contribution in [0, 0.1) is 10.7 Å². The first-order valence-corrected chi connectivity index (χ1v) is 5.63. The molecule has 1 fully saturated rings. The lowest BCUT2D eigenvalue weighted by Gasteiger charge is -2.13. The molecular weight excluding hydrogens is 228 g/mol. The number of H-pyrrole nitrogens is 1. The maximum atomic E-state index is 11.0. The van der Waals surface area contributed by atoms with E-state index in [2.05, 4.69) is 4.98 Å². The van der Waals surface area contributed by atoms with E-state index >= 15 is 0 Å². The van der Waals surface area contributed by atoms with Gasteiger partial charge in [-0.1, -0.05) is 0 Å². The van der Waals surface area contributed by atoms with Gasteiger partial charge in [-0.25, -0.2) is 0 Å². The van der Waals surface area contributed by atoms with Gasteiger partial charge in [0.05, 0.1) is 6.10 Å². The highest BCUT2D eigenvalue weighted by atomic mass is 32.1. The van der Waals surface area contributed by atoms with E-state index in [1.54, 1.807) is 10.8 Å². The summed E-state index contributed by atoms with van der Waals surface area (Å²) in [7, 11) is 0. The SMILES string of the molecule is O=c1ccn(C2CC(O)C(CO)C2)c(=S)[nH]1. The van der Waals surface area contributed by atoms with Crippen molar-refractivity contribution in [3.05, 3.63) is 27.4 Å². The maximum absolute atomic E-state index is 11.0. The molecule has 0 saturated heterocycles. The summed E-state index contributed by atoms with van der Waals surface area (Å²) in [4.78, 5) is 13.6. The minimum Gasteiger partial charge on any atom is -0.396 e. The molecule has 1 saturated carbocycles. The first-order valence-electron chi connectivity index (χ1n) is 5.22. The second-order valence-corrected chi connectivity index (χ2v) is 4.54. The third kappa shape index (κ3) is 2.09. The minimum atomic E-state index is -0.496. The van der Waals surface area contributed by atoms with Crippen LogP contribution < -0.4 is 5.56 Å². The van der Waals surface area contributed by atoms with E-state index in [9.17, 15) is 9.90 Å². The lowest BCUT2D eigenvalue weighted by molar-refractivity contribution is 0.0906. The van der Waals surface area contributed by atoms with Gasteiger partial charge in [0, 0.05) is 30.8 Å². The Labute approximate surface area is 97.4 Å². The van der Waals surface area contributed by atoms with Gasteiger partial charge in [0.25, 0.3) is 5.56 Å². The van der Waals surface area contributed by atoms with Crippen molar-refractivity contribution < 1.29 is 10.2 Å². The molecule has 0 aliphatic heterocycles. The van der Waals surface area contributed by atoms with Crippen LogP contribution in [0.4, 0.5) is 0 Å². The van der Waals surface area contributed by atoms with E-state index in [0.717, 1.165) is 0 Å². The molecule has 16 heavy (non-hydrogen) atoms. The van der Waals surface area contributed by atoms with Crippen LogP contribution in [0.1, 0.15) is 18.9 Å². The fraction of sp³-hybridized carbons (Fsp3) is 0.600. The van der Waals surface area contributed by atoms with Crippen LogP contribution in [-0.2, 0) is 0 Å². The predicted molar refractivity (Wildman–Crippen MR) is 60.7 cm³/mol. The summed E-state index contributed by atoms with van der Waals surface area (Å²) in [5.41, 5.74) is -0.224. The van der Waals surface area contributed by atoms with Crippen LogP contribution in [0.3, 0.4) is 0 Å². The molecule has 1 heterocycles. The first-order chi connectivity index (χ1) is 7.61. The lowest BCUT2D eigenvalue weighted by Crippen LogP contribution is -2.16. The number of aromatic amines is 1. The monoisotopic (exact) mass is 242 g/mol. The first kappa shape index (κ1) is 11.5. The van der Waals surface area contributed by atoms with Crippen LogP contribution >= 0.6 is 12.2 Å². The number of rotatable bonds is 2. The molecule has 1 aliphatic rings. The third-order valence-corrected chi connectivity index (χ3v) is 3.42. The van der Waals surface area contributed by atoms with Crippen LogP contribution in [0.2, 0.25) is 0 Å². The number of nitrogens with zero attached hydrogens (tertiary/aromatic N) is 1. The third-order valence-electron chi connectivity index (χ3n) is 3.11. The highest BCUT2D eigenvalue weighted by Gasteiger charge is 2.33. The molecule has 3 N–H and O–H groups in total. The summed E-state index contributed by atoms with van der Waals surface area (Å²) >= 11 is 5.05. The number of aliphatic hydroxyl groups excluding tert-OH is 2. The zero-order chi connectivity index (χ0) is 11.7. The molecule has 88 valence electrons. The highest BCUT2D eigenvalue weighted by Crippen LogP contribution is 2.34. The van der Waals surface area contributed by atoms with Gasteiger partial charge in [0.15, 0.2) is 4.77 Å². The summed E-state index contributed by atoms with van der Waals surface area (Å²) in [6.07, 6.45) is 2.38. The molecular formula is C10H14N2O3S. The summed E-state index contributed by atoms with van der Waals surface area (Å²) in [6.45, 7) is -0.0195. The van der Waals surface area contributed by atoms with Crippen molar-refractivity contribution in [2.24, 2.45) is 5.92 Å². The Kier molecular flexibility index (Phi) is 3.22. The zero-order valence-electron chi connectivity index (χ0n) is 8.67. The smallest absolute Gasteiger partial charge is 0.251 e. The second kappa shape index (κ2) is 4.48. The Bertz CT molecular complexity index is 481. The molecule has 5 nitrogen and oxygen atoms in total. The summed E-state index contributed by atoms with van der Waals surface area (Å²) in [5.74, 6) is -0.0983. The van der Waals surface area contributed by atoms with Crippen molar-refractivity contribution in [1.29, 1.82) is 0 Å². The minimum absolute atomic E-state index is 0.0195. The van der Waals surface area contributed by atoms with Gasteiger partial charge in [-0.05, 0) is 25.1 Å². The van der Waals surface area contributed by atoms with Gasteiger partial charge >= 0.3 is 0 Å². The molecule has 2 rings (SSSR count). The Morgan fingerprint density at radius 3 is 2.88 bits per heavy atom.